The minimum atomic E-state index is 0.108. The molecule has 0 saturated heterocycles. The molecule has 2 N–H and O–H groups in total. The molecule has 1 atom stereocenters. The summed E-state index contributed by atoms with van der Waals surface area (Å²) in [4.78, 5) is 14.2. The number of carbonyl (C=O) groups excluding carboxylic acids is 1. The highest BCUT2D eigenvalue weighted by Crippen LogP contribution is 2.14. The summed E-state index contributed by atoms with van der Waals surface area (Å²) in [5.41, 5.74) is 5.51. The fraction of sp³-hybridized carbons (Fsp3) is 0.923. The van der Waals surface area contributed by atoms with E-state index < -0.39 is 0 Å². The number of hydrogen-bond donors (Lipinski definition) is 1. The second kappa shape index (κ2) is 7.66. The predicted molar refractivity (Wildman–Crippen MR) is 69.1 cm³/mol. The van der Waals surface area contributed by atoms with Crippen LogP contribution < -0.4 is 5.73 Å². The maximum Gasteiger partial charge on any atom is 0.225 e. The molecule has 0 saturated carbocycles. The second-order valence-corrected chi connectivity index (χ2v) is 5.35. The van der Waals surface area contributed by atoms with Crippen molar-refractivity contribution < 1.29 is 4.79 Å². The minimum absolute atomic E-state index is 0.108. The molecule has 0 aromatic carbocycles. The first-order valence-electron chi connectivity index (χ1n) is 6.39. The molecule has 3 nitrogen and oxygen atoms in total. The summed E-state index contributed by atoms with van der Waals surface area (Å²) < 4.78 is 0. The van der Waals surface area contributed by atoms with E-state index in [1.807, 2.05) is 11.8 Å². The summed E-state index contributed by atoms with van der Waals surface area (Å²) in [7, 11) is 0. The minimum Gasteiger partial charge on any atom is -0.342 e. The Labute approximate surface area is 100 Å². The summed E-state index contributed by atoms with van der Waals surface area (Å²) in [6, 6.07) is 0. The lowest BCUT2D eigenvalue weighted by Crippen LogP contribution is -2.40. The van der Waals surface area contributed by atoms with Crippen LogP contribution in [0.15, 0.2) is 0 Å². The number of nitrogens with zero attached hydrogens (tertiary/aromatic N) is 1. The molecule has 16 heavy (non-hydrogen) atoms. The summed E-state index contributed by atoms with van der Waals surface area (Å²) >= 11 is 0. The Bertz CT molecular complexity index is 202. The van der Waals surface area contributed by atoms with E-state index in [4.69, 9.17) is 5.73 Å². The molecule has 0 heterocycles. The van der Waals surface area contributed by atoms with Crippen LogP contribution in [0.1, 0.15) is 41.0 Å². The van der Waals surface area contributed by atoms with Gasteiger partial charge in [-0.1, -0.05) is 34.6 Å². The Balaban J connectivity index is 4.42. The summed E-state index contributed by atoms with van der Waals surface area (Å²) in [5.74, 6) is 1.30. The largest absolute Gasteiger partial charge is 0.342 e. The van der Waals surface area contributed by atoms with E-state index in [1.54, 1.807) is 0 Å². The lowest BCUT2D eigenvalue weighted by Gasteiger charge is -2.28. The fourth-order valence-electron chi connectivity index (χ4n) is 1.59. The highest BCUT2D eigenvalue weighted by molar-refractivity contribution is 5.78. The van der Waals surface area contributed by atoms with Crippen LogP contribution in [0, 0.1) is 17.8 Å². The summed E-state index contributed by atoms with van der Waals surface area (Å²) in [5, 5.41) is 0. The predicted octanol–water partition coefficient (Wildman–Crippen LogP) is 2.11. The van der Waals surface area contributed by atoms with E-state index in [1.165, 1.54) is 0 Å². The van der Waals surface area contributed by atoms with Crippen molar-refractivity contribution in [1.29, 1.82) is 0 Å². The van der Waals surface area contributed by atoms with Gasteiger partial charge >= 0.3 is 0 Å². The maximum atomic E-state index is 12.2. The normalized spacial score (nSPS) is 13.2. The first-order valence-corrected chi connectivity index (χ1v) is 6.39. The Hall–Kier alpha value is -0.570. The van der Waals surface area contributed by atoms with Crippen LogP contribution in [0.4, 0.5) is 0 Å². The highest BCUT2D eigenvalue weighted by atomic mass is 16.2. The standard InChI is InChI=1S/C13H28N2O/c1-10(2)9-15(8-6-7-14)13(16)12(5)11(3)4/h10-12H,6-9,14H2,1-5H3. The zero-order valence-electron chi connectivity index (χ0n) is 11.5. The van der Waals surface area contributed by atoms with E-state index in [2.05, 4.69) is 27.7 Å². The number of nitrogens with two attached hydrogens (primary N) is 1. The number of rotatable bonds is 7. The molecule has 3 heteroatoms. The zero-order valence-corrected chi connectivity index (χ0v) is 11.5. The van der Waals surface area contributed by atoms with E-state index in [-0.39, 0.29) is 11.8 Å². The molecule has 0 aliphatic rings. The molecule has 0 aromatic heterocycles. The van der Waals surface area contributed by atoms with E-state index in [9.17, 15) is 4.79 Å². The van der Waals surface area contributed by atoms with Crippen LogP contribution in [-0.4, -0.2) is 30.4 Å². The van der Waals surface area contributed by atoms with Gasteiger partial charge in [-0.2, -0.15) is 0 Å². The van der Waals surface area contributed by atoms with E-state index in [0.717, 1.165) is 19.5 Å². The van der Waals surface area contributed by atoms with Crippen molar-refractivity contribution in [2.24, 2.45) is 23.5 Å². The van der Waals surface area contributed by atoms with Crippen molar-refractivity contribution in [3.05, 3.63) is 0 Å². The molecule has 0 fully saturated rings. The Kier molecular flexibility index (Phi) is 7.39. The van der Waals surface area contributed by atoms with Gasteiger partial charge in [0.05, 0.1) is 0 Å². The van der Waals surface area contributed by atoms with Gasteiger partial charge in [0.15, 0.2) is 0 Å². The molecular weight excluding hydrogens is 200 g/mol. The summed E-state index contributed by atoms with van der Waals surface area (Å²) in [6.45, 7) is 12.8. The third-order valence-corrected chi connectivity index (χ3v) is 2.92. The van der Waals surface area contributed by atoms with Crippen molar-refractivity contribution in [3.63, 3.8) is 0 Å². The molecule has 0 rings (SSSR count). The lowest BCUT2D eigenvalue weighted by atomic mass is 9.96. The average molecular weight is 228 g/mol. The Morgan fingerprint density at radius 3 is 2.12 bits per heavy atom. The smallest absolute Gasteiger partial charge is 0.225 e. The molecule has 96 valence electrons. The molecule has 1 amide bonds. The highest BCUT2D eigenvalue weighted by Gasteiger charge is 2.22. The molecule has 0 spiro atoms. The van der Waals surface area contributed by atoms with Crippen LogP contribution in [-0.2, 0) is 4.79 Å². The van der Waals surface area contributed by atoms with Crippen LogP contribution in [0.2, 0.25) is 0 Å². The molecule has 0 bridgehead atoms. The van der Waals surface area contributed by atoms with Crippen molar-refractivity contribution in [2.45, 2.75) is 41.0 Å². The SMILES string of the molecule is CC(C)CN(CCCN)C(=O)C(C)C(C)C. The van der Waals surface area contributed by atoms with Gasteiger partial charge in [0.1, 0.15) is 0 Å². The maximum absolute atomic E-state index is 12.2. The van der Waals surface area contributed by atoms with Gasteiger partial charge in [-0.3, -0.25) is 4.79 Å². The topological polar surface area (TPSA) is 46.3 Å². The third kappa shape index (κ3) is 5.50. The second-order valence-electron chi connectivity index (χ2n) is 5.35. The average Bonchev–Trinajstić information content (AvgIpc) is 2.21. The number of amides is 1. The molecule has 1 unspecified atom stereocenters. The zero-order chi connectivity index (χ0) is 12.7. The number of carbonyl (C=O) groups is 1. The molecule has 0 aliphatic carbocycles. The van der Waals surface area contributed by atoms with Gasteiger partial charge in [-0.05, 0) is 24.8 Å². The molecular formula is C13H28N2O. The van der Waals surface area contributed by atoms with E-state index in [0.29, 0.717) is 18.4 Å². The van der Waals surface area contributed by atoms with Crippen LogP contribution in [0.5, 0.6) is 0 Å². The Morgan fingerprint density at radius 2 is 1.75 bits per heavy atom. The van der Waals surface area contributed by atoms with Crippen molar-refractivity contribution in [3.8, 4) is 0 Å². The number of hydrogen-bond acceptors (Lipinski definition) is 2. The van der Waals surface area contributed by atoms with Crippen molar-refractivity contribution in [2.75, 3.05) is 19.6 Å². The van der Waals surface area contributed by atoms with Crippen LogP contribution >= 0.6 is 0 Å². The Morgan fingerprint density at radius 1 is 1.19 bits per heavy atom. The van der Waals surface area contributed by atoms with Gasteiger partial charge in [0.25, 0.3) is 0 Å². The first kappa shape index (κ1) is 15.4. The van der Waals surface area contributed by atoms with E-state index >= 15 is 0 Å². The van der Waals surface area contributed by atoms with Gasteiger partial charge in [0.2, 0.25) is 5.91 Å². The lowest BCUT2D eigenvalue weighted by molar-refractivity contribution is -0.136. The fourth-order valence-corrected chi connectivity index (χ4v) is 1.59. The van der Waals surface area contributed by atoms with Crippen molar-refractivity contribution in [1.82, 2.24) is 4.90 Å². The van der Waals surface area contributed by atoms with Gasteiger partial charge in [0, 0.05) is 19.0 Å². The van der Waals surface area contributed by atoms with Gasteiger partial charge in [-0.25, -0.2) is 0 Å². The first-order chi connectivity index (χ1) is 7.40. The van der Waals surface area contributed by atoms with Crippen LogP contribution in [0.3, 0.4) is 0 Å². The van der Waals surface area contributed by atoms with Crippen molar-refractivity contribution >= 4 is 5.91 Å². The van der Waals surface area contributed by atoms with Crippen LogP contribution in [0.25, 0.3) is 0 Å². The third-order valence-electron chi connectivity index (χ3n) is 2.92. The molecule has 0 aromatic rings. The van der Waals surface area contributed by atoms with Gasteiger partial charge < -0.3 is 10.6 Å². The quantitative estimate of drug-likeness (QED) is 0.725. The summed E-state index contributed by atoms with van der Waals surface area (Å²) in [6.07, 6.45) is 0.892. The monoisotopic (exact) mass is 228 g/mol. The van der Waals surface area contributed by atoms with Gasteiger partial charge in [-0.15, -0.1) is 0 Å². The molecule has 0 radical (unpaired) electrons. The molecule has 0 aliphatic heterocycles.